The van der Waals surface area contributed by atoms with E-state index in [4.69, 9.17) is 14.2 Å². The van der Waals surface area contributed by atoms with E-state index in [0.717, 1.165) is 24.3 Å². The summed E-state index contributed by atoms with van der Waals surface area (Å²) < 4.78 is 56.4. The predicted octanol–water partition coefficient (Wildman–Crippen LogP) is 2.72. The molecule has 2 aliphatic rings. The van der Waals surface area contributed by atoms with E-state index in [-0.39, 0.29) is 54.5 Å². The van der Waals surface area contributed by atoms with Crippen LogP contribution in [0.15, 0.2) is 48.0 Å². The zero-order valence-corrected chi connectivity index (χ0v) is 23.6. The summed E-state index contributed by atoms with van der Waals surface area (Å²) in [5, 5.41) is 23.6. The molecular weight excluding hydrogens is 573 g/mol. The Balaban J connectivity index is 1.79. The molecule has 232 valence electrons. The molecule has 0 aromatic heterocycles. The van der Waals surface area contributed by atoms with Gasteiger partial charge in [-0.2, -0.15) is 13.2 Å². The minimum Gasteiger partial charge on any atom is -0.493 e. The summed E-state index contributed by atoms with van der Waals surface area (Å²) in [6.07, 6.45) is -4.72. The number of aliphatic hydroxyl groups is 2. The lowest BCUT2D eigenvalue weighted by molar-refractivity contribution is -0.137. The Labute approximate surface area is 246 Å². The van der Waals surface area contributed by atoms with Crippen LogP contribution in [-0.4, -0.2) is 91.5 Å². The molecule has 10 nitrogen and oxygen atoms in total. The van der Waals surface area contributed by atoms with Crippen LogP contribution in [0.1, 0.15) is 51.1 Å². The van der Waals surface area contributed by atoms with E-state index in [2.05, 4.69) is 5.32 Å². The van der Waals surface area contributed by atoms with Gasteiger partial charge in [-0.05, 0) is 55.8 Å². The summed E-state index contributed by atoms with van der Waals surface area (Å²) in [7, 11) is 1.38. The van der Waals surface area contributed by atoms with Crippen molar-refractivity contribution < 1.29 is 52.0 Å². The predicted molar refractivity (Wildman–Crippen MR) is 147 cm³/mol. The van der Waals surface area contributed by atoms with E-state index < -0.39 is 47.7 Å². The molecule has 0 saturated carbocycles. The third-order valence-corrected chi connectivity index (χ3v) is 7.38. The zero-order chi connectivity index (χ0) is 31.3. The molecule has 4 atom stereocenters. The van der Waals surface area contributed by atoms with Gasteiger partial charge in [-0.15, -0.1) is 0 Å². The number of methoxy groups -OCH3 is 1. The highest BCUT2D eigenvalue weighted by Gasteiger charge is 2.51. The molecule has 3 N–H and O–H groups in total. The quantitative estimate of drug-likeness (QED) is 0.248. The Hall–Kier alpha value is -3.94. The summed E-state index contributed by atoms with van der Waals surface area (Å²) in [5.74, 6) is -1.69. The van der Waals surface area contributed by atoms with Gasteiger partial charge in [0.05, 0.1) is 31.2 Å². The number of nitrogens with zero attached hydrogens (tertiary/aromatic N) is 1. The maximum absolute atomic E-state index is 13.8. The Morgan fingerprint density at radius 3 is 2.51 bits per heavy atom. The highest BCUT2D eigenvalue weighted by Crippen LogP contribution is 2.51. The van der Waals surface area contributed by atoms with Gasteiger partial charge in [0, 0.05) is 48.6 Å². The van der Waals surface area contributed by atoms with E-state index in [1.807, 2.05) is 0 Å². The number of carbonyl (C=O) groups is 3. The molecule has 0 saturated heterocycles. The number of hydrogen-bond donors (Lipinski definition) is 3. The van der Waals surface area contributed by atoms with Crippen molar-refractivity contribution >= 4 is 18.1 Å². The average Bonchev–Trinajstić information content (AvgIpc) is 3.39. The monoisotopic (exact) mass is 606 g/mol. The summed E-state index contributed by atoms with van der Waals surface area (Å²) in [4.78, 5) is 40.1. The molecule has 2 aromatic rings. The molecule has 2 aromatic carbocycles. The van der Waals surface area contributed by atoms with Crippen LogP contribution in [0.3, 0.4) is 0 Å². The zero-order valence-electron chi connectivity index (χ0n) is 23.6. The number of aldehydes is 1. The number of amides is 2. The van der Waals surface area contributed by atoms with Gasteiger partial charge in [0.25, 0.3) is 5.91 Å². The topological polar surface area (TPSA) is 135 Å². The van der Waals surface area contributed by atoms with Crippen molar-refractivity contribution in [2.24, 2.45) is 0 Å². The number of alkyl halides is 3. The second-order valence-electron chi connectivity index (χ2n) is 10.0. The largest absolute Gasteiger partial charge is 0.493 e. The third kappa shape index (κ3) is 6.68. The number of rotatable bonds is 12. The number of ether oxygens (including phenoxy) is 3. The van der Waals surface area contributed by atoms with E-state index in [1.165, 1.54) is 30.2 Å². The standard InChI is InChI=1S/C30H33F3N2O8/c1-3-42-12-4-10-35(29(40)18-5-7-19(8-6-18)30(31,32)33)22-15-21(28(39)34-9-11-36)24-20-13-17(16-37)14-23(41-2)26(20)43-27(24)25(22)38/h5-8,13-16,22,24-25,27,36,38H,3-4,9-12H2,1-2H3,(H,34,39)/t22-,24+,25+,27+/m1/s1. The van der Waals surface area contributed by atoms with Crippen LogP contribution < -0.4 is 14.8 Å². The molecule has 0 bridgehead atoms. The molecule has 0 fully saturated rings. The fourth-order valence-electron chi connectivity index (χ4n) is 5.39. The first-order valence-corrected chi connectivity index (χ1v) is 13.7. The molecule has 1 aliphatic heterocycles. The van der Waals surface area contributed by atoms with Crippen molar-refractivity contribution in [2.75, 3.05) is 40.0 Å². The van der Waals surface area contributed by atoms with Gasteiger partial charge in [0.15, 0.2) is 11.5 Å². The molecule has 13 heteroatoms. The second kappa shape index (κ2) is 13.6. The van der Waals surface area contributed by atoms with Crippen LogP contribution in [0.4, 0.5) is 13.2 Å². The number of aliphatic hydroxyl groups excluding tert-OH is 2. The summed E-state index contributed by atoms with van der Waals surface area (Å²) >= 11 is 0. The molecule has 0 unspecified atom stereocenters. The minimum absolute atomic E-state index is 0.0343. The third-order valence-electron chi connectivity index (χ3n) is 7.38. The maximum atomic E-state index is 13.8. The summed E-state index contributed by atoms with van der Waals surface area (Å²) in [6, 6.07) is 5.57. The number of fused-ring (bicyclic) bond motifs is 3. The van der Waals surface area contributed by atoms with Crippen molar-refractivity contribution in [3.05, 3.63) is 70.3 Å². The van der Waals surface area contributed by atoms with Crippen LogP contribution in [0.2, 0.25) is 0 Å². The van der Waals surface area contributed by atoms with Crippen LogP contribution in [0, 0.1) is 0 Å². The molecule has 1 aliphatic carbocycles. The summed E-state index contributed by atoms with van der Waals surface area (Å²) in [5.41, 5.74) is -0.178. The van der Waals surface area contributed by atoms with E-state index in [1.54, 1.807) is 6.92 Å². The Morgan fingerprint density at radius 2 is 1.91 bits per heavy atom. The Morgan fingerprint density at radius 1 is 1.19 bits per heavy atom. The van der Waals surface area contributed by atoms with E-state index in [9.17, 15) is 37.8 Å². The highest BCUT2D eigenvalue weighted by molar-refractivity contribution is 5.98. The molecule has 43 heavy (non-hydrogen) atoms. The smallest absolute Gasteiger partial charge is 0.416 e. The fraction of sp³-hybridized carbons (Fsp3) is 0.433. The first kappa shape index (κ1) is 32.0. The van der Waals surface area contributed by atoms with Gasteiger partial charge in [-0.3, -0.25) is 14.4 Å². The number of nitrogens with one attached hydrogen (secondary N) is 1. The van der Waals surface area contributed by atoms with Crippen molar-refractivity contribution in [1.29, 1.82) is 0 Å². The van der Waals surface area contributed by atoms with E-state index >= 15 is 0 Å². The second-order valence-corrected chi connectivity index (χ2v) is 10.0. The fourth-order valence-corrected chi connectivity index (χ4v) is 5.39. The minimum atomic E-state index is -4.59. The van der Waals surface area contributed by atoms with Crippen molar-refractivity contribution in [1.82, 2.24) is 10.2 Å². The van der Waals surface area contributed by atoms with Crippen LogP contribution >= 0.6 is 0 Å². The Kier molecular flexibility index (Phi) is 10.1. The van der Waals surface area contributed by atoms with Gasteiger partial charge in [-0.25, -0.2) is 0 Å². The number of halogens is 3. The van der Waals surface area contributed by atoms with Crippen molar-refractivity contribution in [3.8, 4) is 11.5 Å². The molecule has 4 rings (SSSR count). The average molecular weight is 607 g/mol. The lowest BCUT2D eigenvalue weighted by Crippen LogP contribution is -2.56. The molecular formula is C30H33F3N2O8. The Bertz CT molecular complexity index is 1360. The van der Waals surface area contributed by atoms with Crippen LogP contribution in [0.5, 0.6) is 11.5 Å². The summed E-state index contributed by atoms with van der Waals surface area (Å²) in [6.45, 7) is 2.11. The van der Waals surface area contributed by atoms with E-state index in [0.29, 0.717) is 24.9 Å². The molecule has 2 amide bonds. The van der Waals surface area contributed by atoms with Gasteiger partial charge >= 0.3 is 6.18 Å². The number of benzene rings is 2. The van der Waals surface area contributed by atoms with Gasteiger partial charge in [-0.1, -0.05) is 0 Å². The number of hydrogen-bond acceptors (Lipinski definition) is 8. The maximum Gasteiger partial charge on any atom is 0.416 e. The van der Waals surface area contributed by atoms with Crippen LogP contribution in [0.25, 0.3) is 0 Å². The lowest BCUT2D eigenvalue weighted by atomic mass is 9.77. The molecule has 0 radical (unpaired) electrons. The van der Waals surface area contributed by atoms with Gasteiger partial charge in [0.1, 0.15) is 18.5 Å². The first-order valence-electron chi connectivity index (χ1n) is 13.7. The van der Waals surface area contributed by atoms with Crippen molar-refractivity contribution in [3.63, 3.8) is 0 Å². The number of carbonyl (C=O) groups excluding carboxylic acids is 3. The van der Waals surface area contributed by atoms with Gasteiger partial charge in [0.2, 0.25) is 5.91 Å². The first-order chi connectivity index (χ1) is 20.5. The SMILES string of the molecule is CCOCCCN(C(=O)c1ccc(C(F)(F)F)cc1)[C@@H]1C=C(C(=O)NCCO)[C@@H]2c3cc(C=O)cc(OC)c3O[C@@H]2[C@H]1O. The normalized spacial score (nSPS) is 20.8. The lowest BCUT2D eigenvalue weighted by Gasteiger charge is -2.40. The molecule has 0 spiro atoms. The van der Waals surface area contributed by atoms with Crippen LogP contribution in [-0.2, 0) is 15.7 Å². The van der Waals surface area contributed by atoms with Gasteiger partial charge < -0.3 is 34.6 Å². The highest BCUT2D eigenvalue weighted by atomic mass is 19.4. The van der Waals surface area contributed by atoms with Crippen molar-refractivity contribution in [2.45, 2.75) is 43.7 Å². The molecule has 1 heterocycles.